The van der Waals surface area contributed by atoms with Gasteiger partial charge >= 0.3 is 0 Å². The predicted octanol–water partition coefficient (Wildman–Crippen LogP) is 2.54. The third-order valence-corrected chi connectivity index (χ3v) is 2.65. The number of hydrogen-bond donors (Lipinski definition) is 2. The number of nitrogens with one attached hydrogen (secondary N) is 1. The number of ether oxygens (including phenoxy) is 1. The molecule has 1 unspecified atom stereocenters. The monoisotopic (exact) mass is 200 g/mol. The fourth-order valence-corrected chi connectivity index (χ4v) is 1.05. The Labute approximate surface area is 87.5 Å². The fraction of sp³-hybridized carbons (Fsp3) is 0.909. The van der Waals surface area contributed by atoms with Gasteiger partial charge in [0.1, 0.15) is 0 Å². The standard InChI is InChI=1S/C11H24N2O/c1-5-9(2)14-8-6-7-11(3,4)10(12)13/h9H,5-8H2,1-4H3,(H3,12,13). The summed E-state index contributed by atoms with van der Waals surface area (Å²) in [6.45, 7) is 8.96. The van der Waals surface area contributed by atoms with E-state index in [4.69, 9.17) is 15.9 Å². The Balaban J connectivity index is 3.59. The number of rotatable bonds is 7. The zero-order valence-electron chi connectivity index (χ0n) is 9.89. The Morgan fingerprint density at radius 2 is 2.07 bits per heavy atom. The van der Waals surface area contributed by atoms with Crippen LogP contribution in [-0.4, -0.2) is 18.5 Å². The van der Waals surface area contributed by atoms with Crippen molar-refractivity contribution < 1.29 is 4.74 Å². The van der Waals surface area contributed by atoms with Crippen LogP contribution in [0.4, 0.5) is 0 Å². The molecule has 3 heteroatoms. The lowest BCUT2D eigenvalue weighted by Gasteiger charge is -2.23. The van der Waals surface area contributed by atoms with Gasteiger partial charge in [-0.2, -0.15) is 0 Å². The molecule has 0 fully saturated rings. The Kier molecular flexibility index (Phi) is 5.77. The molecular formula is C11H24N2O. The van der Waals surface area contributed by atoms with E-state index in [-0.39, 0.29) is 11.3 Å². The zero-order chi connectivity index (χ0) is 11.2. The van der Waals surface area contributed by atoms with E-state index in [9.17, 15) is 0 Å². The Hall–Kier alpha value is -0.570. The predicted molar refractivity (Wildman–Crippen MR) is 60.6 cm³/mol. The summed E-state index contributed by atoms with van der Waals surface area (Å²) >= 11 is 0. The second kappa shape index (κ2) is 6.02. The van der Waals surface area contributed by atoms with E-state index >= 15 is 0 Å². The molecule has 3 N–H and O–H groups in total. The molecule has 0 aliphatic heterocycles. The maximum absolute atomic E-state index is 7.39. The van der Waals surface area contributed by atoms with Crippen LogP contribution in [0, 0.1) is 10.8 Å². The highest BCUT2D eigenvalue weighted by atomic mass is 16.5. The van der Waals surface area contributed by atoms with Crippen molar-refractivity contribution >= 4 is 5.84 Å². The minimum Gasteiger partial charge on any atom is -0.387 e. The summed E-state index contributed by atoms with van der Waals surface area (Å²) in [7, 11) is 0. The molecule has 0 saturated heterocycles. The molecule has 0 aromatic heterocycles. The van der Waals surface area contributed by atoms with Crippen LogP contribution in [-0.2, 0) is 4.74 Å². The Bertz CT molecular complexity index is 178. The number of amidine groups is 1. The largest absolute Gasteiger partial charge is 0.387 e. The van der Waals surface area contributed by atoms with Crippen molar-refractivity contribution in [3.8, 4) is 0 Å². The van der Waals surface area contributed by atoms with Crippen LogP contribution in [0.25, 0.3) is 0 Å². The van der Waals surface area contributed by atoms with Gasteiger partial charge in [0.25, 0.3) is 0 Å². The third kappa shape index (κ3) is 5.22. The molecular weight excluding hydrogens is 176 g/mol. The summed E-state index contributed by atoms with van der Waals surface area (Å²) in [5.74, 6) is 0.265. The van der Waals surface area contributed by atoms with Gasteiger partial charge < -0.3 is 10.5 Å². The van der Waals surface area contributed by atoms with Crippen molar-refractivity contribution in [2.45, 2.75) is 53.1 Å². The van der Waals surface area contributed by atoms with E-state index in [1.165, 1.54) is 0 Å². The quantitative estimate of drug-likeness (QED) is 0.377. The number of hydrogen-bond acceptors (Lipinski definition) is 2. The van der Waals surface area contributed by atoms with Gasteiger partial charge in [-0.05, 0) is 26.2 Å². The lowest BCUT2D eigenvalue weighted by molar-refractivity contribution is 0.0582. The van der Waals surface area contributed by atoms with Crippen LogP contribution in [0.2, 0.25) is 0 Å². The van der Waals surface area contributed by atoms with Crippen molar-refractivity contribution in [3.05, 3.63) is 0 Å². The maximum Gasteiger partial charge on any atom is 0.0963 e. The van der Waals surface area contributed by atoms with E-state index in [1.54, 1.807) is 0 Å². The molecule has 0 heterocycles. The smallest absolute Gasteiger partial charge is 0.0963 e. The summed E-state index contributed by atoms with van der Waals surface area (Å²) in [5, 5.41) is 7.39. The van der Waals surface area contributed by atoms with E-state index in [0.717, 1.165) is 25.9 Å². The highest BCUT2D eigenvalue weighted by Crippen LogP contribution is 2.21. The Morgan fingerprint density at radius 3 is 2.50 bits per heavy atom. The fourth-order valence-electron chi connectivity index (χ4n) is 1.05. The second-order valence-corrected chi connectivity index (χ2v) is 4.49. The molecule has 84 valence electrons. The molecule has 0 bridgehead atoms. The maximum atomic E-state index is 7.39. The molecule has 0 spiro atoms. The molecule has 0 radical (unpaired) electrons. The van der Waals surface area contributed by atoms with Crippen LogP contribution in [0.5, 0.6) is 0 Å². The highest BCUT2D eigenvalue weighted by molar-refractivity contribution is 5.82. The van der Waals surface area contributed by atoms with Gasteiger partial charge in [0.15, 0.2) is 0 Å². The van der Waals surface area contributed by atoms with Gasteiger partial charge in [0, 0.05) is 12.0 Å². The molecule has 0 aromatic rings. The summed E-state index contributed by atoms with van der Waals surface area (Å²) in [5.41, 5.74) is 5.30. The minimum absolute atomic E-state index is 0.182. The van der Waals surface area contributed by atoms with Crippen LogP contribution >= 0.6 is 0 Å². The zero-order valence-corrected chi connectivity index (χ0v) is 9.89. The van der Waals surface area contributed by atoms with Crippen LogP contribution in [0.1, 0.15) is 47.0 Å². The average Bonchev–Trinajstić information content (AvgIpc) is 2.11. The summed E-state index contributed by atoms with van der Waals surface area (Å²) in [4.78, 5) is 0. The Morgan fingerprint density at radius 1 is 1.50 bits per heavy atom. The summed E-state index contributed by atoms with van der Waals surface area (Å²) in [6.07, 6.45) is 3.28. The number of nitrogens with two attached hydrogens (primary N) is 1. The highest BCUT2D eigenvalue weighted by Gasteiger charge is 2.20. The lowest BCUT2D eigenvalue weighted by Crippen LogP contribution is -2.31. The van der Waals surface area contributed by atoms with Gasteiger partial charge in [-0.1, -0.05) is 20.8 Å². The first-order valence-corrected chi connectivity index (χ1v) is 5.36. The summed E-state index contributed by atoms with van der Waals surface area (Å²) in [6, 6.07) is 0. The molecule has 0 aromatic carbocycles. The first-order valence-electron chi connectivity index (χ1n) is 5.36. The molecule has 1 atom stereocenters. The molecule has 0 aliphatic carbocycles. The molecule has 3 nitrogen and oxygen atoms in total. The molecule has 0 saturated carbocycles. The second-order valence-electron chi connectivity index (χ2n) is 4.49. The third-order valence-electron chi connectivity index (χ3n) is 2.65. The molecule has 14 heavy (non-hydrogen) atoms. The van der Waals surface area contributed by atoms with Crippen molar-refractivity contribution in [1.29, 1.82) is 5.41 Å². The topological polar surface area (TPSA) is 59.1 Å². The van der Waals surface area contributed by atoms with Crippen molar-refractivity contribution in [3.63, 3.8) is 0 Å². The van der Waals surface area contributed by atoms with E-state index < -0.39 is 0 Å². The minimum atomic E-state index is -0.182. The molecule has 0 amide bonds. The van der Waals surface area contributed by atoms with Crippen LogP contribution < -0.4 is 5.73 Å². The first kappa shape index (κ1) is 13.4. The summed E-state index contributed by atoms with van der Waals surface area (Å²) < 4.78 is 5.55. The van der Waals surface area contributed by atoms with Crippen molar-refractivity contribution in [2.75, 3.05) is 6.61 Å². The average molecular weight is 200 g/mol. The van der Waals surface area contributed by atoms with Gasteiger partial charge in [-0.15, -0.1) is 0 Å². The molecule has 0 rings (SSSR count). The van der Waals surface area contributed by atoms with Crippen molar-refractivity contribution in [1.82, 2.24) is 0 Å². The van der Waals surface area contributed by atoms with Gasteiger partial charge in [0.2, 0.25) is 0 Å². The van der Waals surface area contributed by atoms with Gasteiger partial charge in [0.05, 0.1) is 11.9 Å². The van der Waals surface area contributed by atoms with E-state index in [1.807, 2.05) is 13.8 Å². The van der Waals surface area contributed by atoms with Crippen LogP contribution in [0.3, 0.4) is 0 Å². The lowest BCUT2D eigenvalue weighted by atomic mass is 9.87. The van der Waals surface area contributed by atoms with Gasteiger partial charge in [-0.3, -0.25) is 5.41 Å². The van der Waals surface area contributed by atoms with E-state index in [0.29, 0.717) is 6.10 Å². The SMILES string of the molecule is CCC(C)OCCCC(C)(C)C(=N)N. The van der Waals surface area contributed by atoms with Crippen LogP contribution in [0.15, 0.2) is 0 Å². The van der Waals surface area contributed by atoms with Gasteiger partial charge in [-0.25, -0.2) is 0 Å². The molecule has 0 aliphatic rings. The first-order chi connectivity index (χ1) is 6.40. The van der Waals surface area contributed by atoms with E-state index in [2.05, 4.69) is 13.8 Å². The van der Waals surface area contributed by atoms with Crippen molar-refractivity contribution in [2.24, 2.45) is 11.1 Å². The normalized spacial score (nSPS) is 14.0.